The Bertz CT molecular complexity index is 592. The monoisotopic (exact) mass is 265 g/mol. The second-order valence-corrected chi connectivity index (χ2v) is 5.47. The molecule has 1 aliphatic heterocycles. The third-order valence-corrected chi connectivity index (χ3v) is 3.89. The zero-order chi connectivity index (χ0) is 12.8. The van der Waals surface area contributed by atoms with Crippen LogP contribution < -0.4 is 5.32 Å². The zero-order valence-corrected chi connectivity index (χ0v) is 9.02. The molecule has 0 atom stereocenters. The number of alkyl halides is 3. The van der Waals surface area contributed by atoms with E-state index in [1.807, 2.05) is 0 Å². The van der Waals surface area contributed by atoms with Gasteiger partial charge in [-0.3, -0.25) is 4.79 Å². The number of amides is 1. The number of rotatable bonds is 0. The van der Waals surface area contributed by atoms with Gasteiger partial charge in [0.15, 0.2) is 9.84 Å². The first kappa shape index (κ1) is 11.9. The first-order valence-electron chi connectivity index (χ1n) is 4.44. The summed E-state index contributed by atoms with van der Waals surface area (Å²) in [7, 11) is -3.99. The normalized spacial score (nSPS) is 18.4. The molecule has 0 unspecified atom stereocenters. The van der Waals surface area contributed by atoms with Crippen LogP contribution in [-0.4, -0.2) is 20.1 Å². The van der Waals surface area contributed by atoms with Crippen molar-refractivity contribution in [3.63, 3.8) is 0 Å². The van der Waals surface area contributed by atoms with Crippen LogP contribution in [0.4, 0.5) is 18.9 Å². The quantitative estimate of drug-likeness (QED) is 0.771. The number of carbonyl (C=O) groups excluding carboxylic acids is 1. The van der Waals surface area contributed by atoms with Crippen molar-refractivity contribution >= 4 is 21.4 Å². The van der Waals surface area contributed by atoms with Crippen LogP contribution in [0.1, 0.15) is 5.56 Å². The van der Waals surface area contributed by atoms with E-state index < -0.39 is 38.1 Å². The van der Waals surface area contributed by atoms with Gasteiger partial charge in [-0.1, -0.05) is 0 Å². The summed E-state index contributed by atoms with van der Waals surface area (Å²) < 4.78 is 60.3. The molecule has 0 fully saturated rings. The first-order valence-corrected chi connectivity index (χ1v) is 6.09. The van der Waals surface area contributed by atoms with Crippen LogP contribution in [0.15, 0.2) is 23.1 Å². The number of nitrogens with one attached hydrogen (secondary N) is 1. The molecule has 0 saturated heterocycles. The van der Waals surface area contributed by atoms with Gasteiger partial charge in [-0.2, -0.15) is 13.2 Å². The standard InChI is InChI=1S/C9H6F3NO3S/c10-9(11,12)5-1-2-6-7(3-5)17(15,16)4-8(14)13-6/h1-3H,4H2,(H,13,14). The fourth-order valence-corrected chi connectivity index (χ4v) is 2.83. The molecular weight excluding hydrogens is 259 g/mol. The van der Waals surface area contributed by atoms with E-state index in [0.29, 0.717) is 6.07 Å². The highest BCUT2D eigenvalue weighted by atomic mass is 32.2. The predicted octanol–water partition coefficient (Wildman–Crippen LogP) is 1.43. The Labute approximate surface area is 94.4 Å². The summed E-state index contributed by atoms with van der Waals surface area (Å²) in [5.41, 5.74) is -1.18. The Morgan fingerprint density at radius 3 is 2.47 bits per heavy atom. The van der Waals surface area contributed by atoms with Gasteiger partial charge in [0, 0.05) is 0 Å². The van der Waals surface area contributed by atoms with E-state index >= 15 is 0 Å². The van der Waals surface area contributed by atoms with Crippen molar-refractivity contribution in [2.24, 2.45) is 0 Å². The van der Waals surface area contributed by atoms with Crippen LogP contribution in [0.2, 0.25) is 0 Å². The van der Waals surface area contributed by atoms with Gasteiger partial charge in [0.2, 0.25) is 5.91 Å². The number of carbonyl (C=O) groups is 1. The Hall–Kier alpha value is -1.57. The minimum atomic E-state index is -4.62. The van der Waals surface area contributed by atoms with E-state index in [1.165, 1.54) is 0 Å². The number of hydrogen-bond acceptors (Lipinski definition) is 3. The summed E-state index contributed by atoms with van der Waals surface area (Å²) >= 11 is 0. The van der Waals surface area contributed by atoms with Crippen molar-refractivity contribution in [3.8, 4) is 0 Å². The van der Waals surface area contributed by atoms with Gasteiger partial charge >= 0.3 is 6.18 Å². The molecule has 8 heteroatoms. The van der Waals surface area contributed by atoms with Gasteiger partial charge < -0.3 is 5.32 Å². The zero-order valence-electron chi connectivity index (χ0n) is 8.21. The highest BCUT2D eigenvalue weighted by molar-refractivity contribution is 7.92. The van der Waals surface area contributed by atoms with E-state index in [2.05, 4.69) is 5.32 Å². The number of fused-ring (bicyclic) bond motifs is 1. The van der Waals surface area contributed by atoms with Gasteiger partial charge in [-0.25, -0.2) is 8.42 Å². The van der Waals surface area contributed by atoms with Crippen molar-refractivity contribution in [1.29, 1.82) is 0 Å². The lowest BCUT2D eigenvalue weighted by molar-refractivity contribution is -0.137. The molecule has 0 radical (unpaired) electrons. The fourth-order valence-electron chi connectivity index (χ4n) is 1.50. The van der Waals surface area contributed by atoms with Crippen molar-refractivity contribution in [2.45, 2.75) is 11.1 Å². The second-order valence-electron chi connectivity index (χ2n) is 3.52. The largest absolute Gasteiger partial charge is 0.416 e. The summed E-state index contributed by atoms with van der Waals surface area (Å²) in [6.45, 7) is 0. The van der Waals surface area contributed by atoms with Crippen LogP contribution in [0.25, 0.3) is 0 Å². The lowest BCUT2D eigenvalue weighted by atomic mass is 10.2. The molecule has 0 saturated carbocycles. The van der Waals surface area contributed by atoms with Crippen molar-refractivity contribution in [3.05, 3.63) is 23.8 Å². The molecule has 0 bridgehead atoms. The molecule has 1 heterocycles. The molecule has 4 nitrogen and oxygen atoms in total. The summed E-state index contributed by atoms with van der Waals surface area (Å²) in [4.78, 5) is 10.5. The minimum absolute atomic E-state index is 0.116. The lowest BCUT2D eigenvalue weighted by Crippen LogP contribution is -2.29. The van der Waals surface area contributed by atoms with E-state index in [9.17, 15) is 26.4 Å². The van der Waals surface area contributed by atoms with Crippen LogP contribution >= 0.6 is 0 Å². The van der Waals surface area contributed by atoms with E-state index in [-0.39, 0.29) is 5.69 Å². The maximum Gasteiger partial charge on any atom is 0.416 e. The smallest absolute Gasteiger partial charge is 0.324 e. The Balaban J connectivity index is 2.64. The first-order chi connectivity index (χ1) is 7.70. The number of sulfone groups is 1. The maximum atomic E-state index is 12.4. The topological polar surface area (TPSA) is 63.2 Å². The van der Waals surface area contributed by atoms with Crippen molar-refractivity contribution < 1.29 is 26.4 Å². The van der Waals surface area contributed by atoms with E-state index in [0.717, 1.165) is 12.1 Å². The lowest BCUT2D eigenvalue weighted by Gasteiger charge is -2.18. The fraction of sp³-hybridized carbons (Fsp3) is 0.222. The van der Waals surface area contributed by atoms with Gasteiger partial charge in [-0.05, 0) is 18.2 Å². The molecule has 1 amide bonds. The van der Waals surface area contributed by atoms with Crippen LogP contribution in [0.3, 0.4) is 0 Å². The van der Waals surface area contributed by atoms with E-state index in [1.54, 1.807) is 0 Å². The molecule has 1 aromatic rings. The highest BCUT2D eigenvalue weighted by Crippen LogP contribution is 2.35. The van der Waals surface area contributed by atoms with Crippen molar-refractivity contribution in [1.82, 2.24) is 0 Å². The Kier molecular flexibility index (Phi) is 2.42. The molecule has 1 N–H and O–H groups in total. The molecule has 1 aliphatic rings. The second kappa shape index (κ2) is 3.46. The molecule has 2 rings (SSSR count). The summed E-state index contributed by atoms with van der Waals surface area (Å²) in [5.74, 6) is -1.58. The summed E-state index contributed by atoms with van der Waals surface area (Å²) in [6, 6.07) is 2.19. The minimum Gasteiger partial charge on any atom is -0.324 e. The average Bonchev–Trinajstić information content (AvgIpc) is 2.13. The van der Waals surface area contributed by atoms with Crippen LogP contribution in [0, 0.1) is 0 Å². The number of benzene rings is 1. The average molecular weight is 265 g/mol. The van der Waals surface area contributed by atoms with E-state index in [4.69, 9.17) is 0 Å². The maximum absolute atomic E-state index is 12.4. The van der Waals surface area contributed by atoms with Gasteiger partial charge in [0.1, 0.15) is 5.75 Å². The Morgan fingerprint density at radius 2 is 1.88 bits per heavy atom. The molecule has 0 spiro atoms. The molecule has 0 aliphatic carbocycles. The summed E-state index contributed by atoms with van der Waals surface area (Å²) in [5, 5.41) is 2.21. The third-order valence-electron chi connectivity index (χ3n) is 2.24. The number of hydrogen-bond donors (Lipinski definition) is 1. The highest BCUT2D eigenvalue weighted by Gasteiger charge is 2.35. The molecular formula is C9H6F3NO3S. The third kappa shape index (κ3) is 2.12. The van der Waals surface area contributed by atoms with Crippen molar-refractivity contribution in [2.75, 3.05) is 11.1 Å². The molecule has 1 aromatic carbocycles. The van der Waals surface area contributed by atoms with Crippen LogP contribution in [0.5, 0.6) is 0 Å². The van der Waals surface area contributed by atoms with Gasteiger partial charge in [-0.15, -0.1) is 0 Å². The summed E-state index contributed by atoms with van der Waals surface area (Å²) in [6.07, 6.45) is -4.62. The predicted molar refractivity (Wildman–Crippen MR) is 52.1 cm³/mol. The van der Waals surface area contributed by atoms with Gasteiger partial charge in [0.25, 0.3) is 0 Å². The molecule has 17 heavy (non-hydrogen) atoms. The van der Waals surface area contributed by atoms with Crippen LogP contribution in [-0.2, 0) is 20.8 Å². The number of halogens is 3. The molecule has 0 aromatic heterocycles. The molecule has 92 valence electrons. The Morgan fingerprint density at radius 1 is 1.24 bits per heavy atom. The van der Waals surface area contributed by atoms with Gasteiger partial charge in [0.05, 0.1) is 16.1 Å². The SMILES string of the molecule is O=C1CS(=O)(=O)c2cc(C(F)(F)F)ccc2N1. The number of anilines is 1.